The lowest BCUT2D eigenvalue weighted by atomic mass is 9.88. The summed E-state index contributed by atoms with van der Waals surface area (Å²) in [5.74, 6) is 1.66. The summed E-state index contributed by atoms with van der Waals surface area (Å²) in [6.45, 7) is 2.34. The van der Waals surface area contributed by atoms with Crippen LogP contribution >= 0.6 is 11.8 Å². The quantitative estimate of drug-likeness (QED) is 0.181. The number of thioether (sulfide) groups is 1. The van der Waals surface area contributed by atoms with Crippen LogP contribution < -0.4 is 0 Å². The number of allylic oxidation sites excluding steroid dienone is 4. The lowest BCUT2D eigenvalue weighted by Gasteiger charge is -2.21. The third-order valence-corrected chi connectivity index (χ3v) is 12.7. The molecule has 2 aromatic heterocycles. The molecule has 8 aromatic rings. The van der Waals surface area contributed by atoms with Crippen LogP contribution in [0.5, 0.6) is 0 Å². The van der Waals surface area contributed by atoms with Gasteiger partial charge in [0.1, 0.15) is 5.82 Å². The van der Waals surface area contributed by atoms with Crippen molar-refractivity contribution in [2.45, 2.75) is 35.3 Å². The van der Waals surface area contributed by atoms with E-state index >= 15 is 0 Å². The lowest BCUT2D eigenvalue weighted by Crippen LogP contribution is -2.12. The number of benzene rings is 6. The topological polar surface area (TPSA) is 22.2 Å². The van der Waals surface area contributed by atoms with Gasteiger partial charge in [-0.25, -0.2) is 4.99 Å². The van der Waals surface area contributed by atoms with Gasteiger partial charge in [0.2, 0.25) is 0 Å². The highest BCUT2D eigenvalue weighted by Gasteiger charge is 2.34. The first-order valence-corrected chi connectivity index (χ1v) is 19.2. The van der Waals surface area contributed by atoms with Crippen LogP contribution in [0.25, 0.3) is 55.1 Å². The number of para-hydroxylation sites is 2. The molecule has 11 rings (SSSR count). The molecule has 0 fully saturated rings. The molecule has 3 aliphatic rings. The molecule has 0 saturated carbocycles. The van der Waals surface area contributed by atoms with Crippen molar-refractivity contribution in [1.29, 1.82) is 0 Å². The molecule has 4 heterocycles. The van der Waals surface area contributed by atoms with Crippen LogP contribution in [-0.2, 0) is 0 Å². The summed E-state index contributed by atoms with van der Waals surface area (Å²) < 4.78 is 4.90. The molecule has 0 saturated heterocycles. The Morgan fingerprint density at radius 1 is 0.635 bits per heavy atom. The molecule has 248 valence electrons. The van der Waals surface area contributed by atoms with Gasteiger partial charge in [-0.05, 0) is 72.0 Å². The first kappa shape index (κ1) is 29.8. The van der Waals surface area contributed by atoms with Gasteiger partial charge in [-0.1, -0.05) is 122 Å². The molecular weight excluding hydrogens is 651 g/mol. The van der Waals surface area contributed by atoms with Crippen LogP contribution in [0.1, 0.15) is 47.4 Å². The minimum absolute atomic E-state index is 0.341. The highest BCUT2D eigenvalue weighted by atomic mass is 32.2. The van der Waals surface area contributed by atoms with Crippen molar-refractivity contribution in [3.05, 3.63) is 186 Å². The summed E-state index contributed by atoms with van der Waals surface area (Å²) in [5.41, 5.74) is 12.1. The fourth-order valence-corrected chi connectivity index (χ4v) is 10.3. The molecule has 0 amide bonds. The van der Waals surface area contributed by atoms with Crippen molar-refractivity contribution < 1.29 is 0 Å². The van der Waals surface area contributed by atoms with Gasteiger partial charge >= 0.3 is 0 Å². The second kappa shape index (κ2) is 11.6. The zero-order valence-electron chi connectivity index (χ0n) is 28.8. The molecule has 0 N–H and O–H groups in total. The molecule has 6 aromatic carbocycles. The van der Waals surface area contributed by atoms with Crippen LogP contribution in [-0.4, -0.2) is 20.1 Å². The first-order chi connectivity index (χ1) is 25.7. The Morgan fingerprint density at radius 3 is 2.27 bits per heavy atom. The van der Waals surface area contributed by atoms with Crippen LogP contribution in [0.3, 0.4) is 0 Å². The molecule has 1 aliphatic carbocycles. The largest absolute Gasteiger partial charge is 0.309 e. The van der Waals surface area contributed by atoms with Crippen molar-refractivity contribution in [2.75, 3.05) is 0 Å². The Balaban J connectivity index is 1.25. The third-order valence-electron chi connectivity index (χ3n) is 11.3. The number of fused-ring (bicyclic) bond motifs is 11. The molecular formula is C48H35N3S. The summed E-state index contributed by atoms with van der Waals surface area (Å²) in [6, 6.07) is 48.9. The molecule has 3 atom stereocenters. The van der Waals surface area contributed by atoms with Gasteiger partial charge in [0.15, 0.2) is 0 Å². The highest BCUT2D eigenvalue weighted by Crippen LogP contribution is 2.53. The Bertz CT molecular complexity index is 2870. The van der Waals surface area contributed by atoms with E-state index in [-0.39, 0.29) is 0 Å². The second-order valence-electron chi connectivity index (χ2n) is 14.3. The molecule has 2 aliphatic heterocycles. The molecule has 4 heteroatoms. The van der Waals surface area contributed by atoms with E-state index in [1.165, 1.54) is 70.9 Å². The number of aromatic nitrogens is 2. The number of rotatable bonds is 3. The number of hydrogen-bond acceptors (Lipinski definition) is 2. The van der Waals surface area contributed by atoms with E-state index in [9.17, 15) is 0 Å². The number of hydrogen-bond donors (Lipinski definition) is 0. The van der Waals surface area contributed by atoms with E-state index < -0.39 is 0 Å². The van der Waals surface area contributed by atoms with Gasteiger partial charge in [0, 0.05) is 54.4 Å². The zero-order chi connectivity index (χ0) is 34.3. The minimum Gasteiger partial charge on any atom is -0.309 e. The first-order valence-electron chi connectivity index (χ1n) is 18.3. The number of nitrogens with zero attached hydrogens (tertiary/aromatic N) is 3. The van der Waals surface area contributed by atoms with Crippen LogP contribution in [0.4, 0.5) is 0 Å². The fourth-order valence-electron chi connectivity index (χ4n) is 8.95. The molecule has 0 spiro atoms. The van der Waals surface area contributed by atoms with Crippen molar-refractivity contribution in [3.63, 3.8) is 0 Å². The standard InChI is InChI=1S/C48H35N3S/c1-30-24-27-45(49-48(31-14-4-2-5-15-31)35-20-9-8-18-33(30)35)51-39-22-12-10-19-34(39)37-28-38-42(29-41(37)51)50(32-16-6-3-7-17-32)40-25-26-44-47(46(38)40)36-21-11-13-23-43(36)52-44/h2-23,25-30,36,43H,24H2,1H3/b45-27-,49-48-. The van der Waals surface area contributed by atoms with Crippen molar-refractivity contribution in [2.24, 2.45) is 4.99 Å². The SMILES string of the molecule is CC1C/C=C(n2c3ccccc3c3cc4c5c6c(ccc5n(-c5ccccc5)c4cc32)SC2C=CC=CC62)/N=C(/c2ccccc2)c2ccccc21. The van der Waals surface area contributed by atoms with E-state index in [1.54, 1.807) is 0 Å². The van der Waals surface area contributed by atoms with Crippen LogP contribution in [0.2, 0.25) is 0 Å². The second-order valence-corrected chi connectivity index (χ2v) is 15.5. The van der Waals surface area contributed by atoms with E-state index in [1.807, 2.05) is 11.8 Å². The Labute approximate surface area is 306 Å². The summed E-state index contributed by atoms with van der Waals surface area (Å²) in [5, 5.41) is 5.60. The summed E-state index contributed by atoms with van der Waals surface area (Å²) in [4.78, 5) is 7.03. The van der Waals surface area contributed by atoms with E-state index in [4.69, 9.17) is 4.99 Å². The normalized spacial score (nSPS) is 21.4. The van der Waals surface area contributed by atoms with E-state index in [0.29, 0.717) is 17.1 Å². The predicted octanol–water partition coefficient (Wildman–Crippen LogP) is 12.4. The van der Waals surface area contributed by atoms with Gasteiger partial charge in [-0.15, -0.1) is 11.8 Å². The van der Waals surface area contributed by atoms with Gasteiger partial charge in [0.25, 0.3) is 0 Å². The molecule has 3 nitrogen and oxygen atoms in total. The zero-order valence-corrected chi connectivity index (χ0v) is 29.6. The van der Waals surface area contributed by atoms with Gasteiger partial charge < -0.3 is 4.57 Å². The maximum absolute atomic E-state index is 5.64. The summed E-state index contributed by atoms with van der Waals surface area (Å²) in [7, 11) is 0. The summed E-state index contributed by atoms with van der Waals surface area (Å²) >= 11 is 2.00. The lowest BCUT2D eigenvalue weighted by molar-refractivity contribution is 0.774. The third kappa shape index (κ3) is 4.37. The minimum atomic E-state index is 0.341. The van der Waals surface area contributed by atoms with Gasteiger partial charge in [0.05, 0.1) is 27.8 Å². The van der Waals surface area contributed by atoms with E-state index in [2.05, 4.69) is 180 Å². The predicted molar refractivity (Wildman–Crippen MR) is 220 cm³/mol. The Morgan fingerprint density at radius 2 is 1.38 bits per heavy atom. The Kier molecular flexibility index (Phi) is 6.65. The molecule has 52 heavy (non-hydrogen) atoms. The van der Waals surface area contributed by atoms with Crippen molar-refractivity contribution in [3.8, 4) is 5.69 Å². The smallest absolute Gasteiger partial charge is 0.134 e. The average Bonchev–Trinajstić information content (AvgIpc) is 3.84. The maximum Gasteiger partial charge on any atom is 0.134 e. The van der Waals surface area contributed by atoms with Crippen LogP contribution in [0.15, 0.2) is 174 Å². The fraction of sp³-hybridized carbons (Fsp3) is 0.104. The monoisotopic (exact) mass is 685 g/mol. The molecule has 3 unspecified atom stereocenters. The molecule has 0 bridgehead atoms. The number of aliphatic imine (C=N–C) groups is 1. The highest BCUT2D eigenvalue weighted by molar-refractivity contribution is 8.00. The Hall–Kier alpha value is -5.84. The van der Waals surface area contributed by atoms with Crippen LogP contribution in [0, 0.1) is 0 Å². The maximum atomic E-state index is 5.64. The van der Waals surface area contributed by atoms with Crippen molar-refractivity contribution in [1.82, 2.24) is 9.13 Å². The summed E-state index contributed by atoms with van der Waals surface area (Å²) in [6.07, 6.45) is 12.5. The molecule has 0 radical (unpaired) electrons. The van der Waals surface area contributed by atoms with Gasteiger partial charge in [-0.3, -0.25) is 4.57 Å². The van der Waals surface area contributed by atoms with Crippen molar-refractivity contribution >= 4 is 66.9 Å². The van der Waals surface area contributed by atoms with Gasteiger partial charge in [-0.2, -0.15) is 0 Å². The average molecular weight is 686 g/mol. The van der Waals surface area contributed by atoms with E-state index in [0.717, 1.165) is 23.5 Å².